The van der Waals surface area contributed by atoms with E-state index in [1.807, 2.05) is 24.3 Å². The summed E-state index contributed by atoms with van der Waals surface area (Å²) in [6, 6.07) is 7.57. The summed E-state index contributed by atoms with van der Waals surface area (Å²) in [6.07, 6.45) is 0. The summed E-state index contributed by atoms with van der Waals surface area (Å²) in [7, 11) is 0. The first-order valence-electron chi connectivity index (χ1n) is 5.38. The SMILES string of the molecule is CCOC(=O)C(N)CSCc1ccc(Br)cc1. The number of esters is 1. The van der Waals surface area contributed by atoms with Crippen LogP contribution >= 0.6 is 27.7 Å². The van der Waals surface area contributed by atoms with Gasteiger partial charge in [0.15, 0.2) is 0 Å². The molecule has 0 fully saturated rings. The molecule has 0 radical (unpaired) electrons. The zero-order chi connectivity index (χ0) is 12.7. The predicted octanol–water partition coefficient (Wildman–Crippen LogP) is 2.57. The lowest BCUT2D eigenvalue weighted by molar-refractivity contribution is -0.144. The van der Waals surface area contributed by atoms with Gasteiger partial charge in [-0.05, 0) is 24.6 Å². The van der Waals surface area contributed by atoms with Crippen LogP contribution < -0.4 is 5.73 Å². The molecule has 1 aromatic carbocycles. The molecule has 1 unspecified atom stereocenters. The molecule has 0 aliphatic rings. The van der Waals surface area contributed by atoms with Crippen molar-refractivity contribution in [1.82, 2.24) is 0 Å². The van der Waals surface area contributed by atoms with Crippen molar-refractivity contribution < 1.29 is 9.53 Å². The van der Waals surface area contributed by atoms with E-state index in [1.165, 1.54) is 5.56 Å². The third-order valence-electron chi connectivity index (χ3n) is 2.07. The maximum Gasteiger partial charge on any atom is 0.323 e. The van der Waals surface area contributed by atoms with E-state index in [-0.39, 0.29) is 5.97 Å². The van der Waals surface area contributed by atoms with Crippen LogP contribution in [0.5, 0.6) is 0 Å². The fourth-order valence-electron chi connectivity index (χ4n) is 1.20. The molecule has 17 heavy (non-hydrogen) atoms. The van der Waals surface area contributed by atoms with Gasteiger partial charge in [0.2, 0.25) is 0 Å². The van der Waals surface area contributed by atoms with E-state index >= 15 is 0 Å². The highest BCUT2D eigenvalue weighted by Crippen LogP contribution is 2.16. The van der Waals surface area contributed by atoms with E-state index in [9.17, 15) is 4.79 Å². The maximum absolute atomic E-state index is 11.3. The highest BCUT2D eigenvalue weighted by atomic mass is 79.9. The van der Waals surface area contributed by atoms with Gasteiger partial charge in [-0.3, -0.25) is 4.79 Å². The van der Waals surface area contributed by atoms with Crippen molar-refractivity contribution in [3.63, 3.8) is 0 Å². The maximum atomic E-state index is 11.3. The predicted molar refractivity (Wildman–Crippen MR) is 74.9 cm³/mol. The van der Waals surface area contributed by atoms with Crippen molar-refractivity contribution in [2.45, 2.75) is 18.7 Å². The minimum Gasteiger partial charge on any atom is -0.465 e. The van der Waals surface area contributed by atoms with E-state index < -0.39 is 6.04 Å². The molecule has 94 valence electrons. The van der Waals surface area contributed by atoms with Gasteiger partial charge in [-0.1, -0.05) is 28.1 Å². The van der Waals surface area contributed by atoms with Gasteiger partial charge in [-0.2, -0.15) is 11.8 Å². The van der Waals surface area contributed by atoms with Crippen LogP contribution in [-0.2, 0) is 15.3 Å². The van der Waals surface area contributed by atoms with E-state index in [0.717, 1.165) is 10.2 Å². The third-order valence-corrected chi connectivity index (χ3v) is 3.73. The Kier molecular flexibility index (Phi) is 6.62. The lowest BCUT2D eigenvalue weighted by Gasteiger charge is -2.09. The van der Waals surface area contributed by atoms with Crippen molar-refractivity contribution in [3.8, 4) is 0 Å². The molecule has 1 atom stereocenters. The monoisotopic (exact) mass is 317 g/mol. The minimum atomic E-state index is -0.532. The van der Waals surface area contributed by atoms with Crippen LogP contribution in [0, 0.1) is 0 Å². The lowest BCUT2D eigenvalue weighted by Crippen LogP contribution is -2.34. The van der Waals surface area contributed by atoms with Crippen LogP contribution in [0.1, 0.15) is 12.5 Å². The number of halogens is 1. The highest BCUT2D eigenvalue weighted by molar-refractivity contribution is 9.10. The van der Waals surface area contributed by atoms with Gasteiger partial charge in [0.25, 0.3) is 0 Å². The van der Waals surface area contributed by atoms with Crippen LogP contribution in [0.3, 0.4) is 0 Å². The Morgan fingerprint density at radius 1 is 1.47 bits per heavy atom. The van der Waals surface area contributed by atoms with E-state index in [0.29, 0.717) is 12.4 Å². The summed E-state index contributed by atoms with van der Waals surface area (Å²) in [5, 5.41) is 0. The molecule has 0 amide bonds. The average Bonchev–Trinajstić information content (AvgIpc) is 2.32. The molecule has 0 bridgehead atoms. The van der Waals surface area contributed by atoms with Gasteiger partial charge >= 0.3 is 5.97 Å². The van der Waals surface area contributed by atoms with Crippen LogP contribution in [-0.4, -0.2) is 24.4 Å². The molecule has 1 rings (SSSR count). The Morgan fingerprint density at radius 3 is 2.71 bits per heavy atom. The van der Waals surface area contributed by atoms with Gasteiger partial charge < -0.3 is 10.5 Å². The largest absolute Gasteiger partial charge is 0.465 e. The summed E-state index contributed by atoms with van der Waals surface area (Å²) < 4.78 is 5.90. The van der Waals surface area contributed by atoms with Crippen molar-refractivity contribution >= 4 is 33.7 Å². The molecule has 2 N–H and O–H groups in total. The third kappa shape index (κ3) is 5.57. The Balaban J connectivity index is 2.27. The number of ether oxygens (including phenoxy) is 1. The van der Waals surface area contributed by atoms with Crippen LogP contribution in [0.2, 0.25) is 0 Å². The molecule has 0 spiro atoms. The second-order valence-corrected chi connectivity index (χ2v) is 5.45. The Bertz CT molecular complexity index is 356. The van der Waals surface area contributed by atoms with Gasteiger partial charge in [0.05, 0.1) is 6.61 Å². The quantitative estimate of drug-likeness (QED) is 0.819. The summed E-state index contributed by atoms with van der Waals surface area (Å²) in [5.41, 5.74) is 6.91. The number of benzene rings is 1. The van der Waals surface area contributed by atoms with Gasteiger partial charge in [-0.15, -0.1) is 0 Å². The molecule has 0 aliphatic carbocycles. The standard InChI is InChI=1S/C12H16BrNO2S/c1-2-16-12(15)11(14)8-17-7-9-3-5-10(13)6-4-9/h3-6,11H,2,7-8,14H2,1H3. The normalized spacial score (nSPS) is 12.2. The average molecular weight is 318 g/mol. The first-order valence-corrected chi connectivity index (χ1v) is 7.32. The van der Waals surface area contributed by atoms with Crippen LogP contribution in [0.4, 0.5) is 0 Å². The molecular weight excluding hydrogens is 302 g/mol. The molecule has 0 saturated heterocycles. The van der Waals surface area contributed by atoms with E-state index in [2.05, 4.69) is 15.9 Å². The van der Waals surface area contributed by atoms with Crippen molar-refractivity contribution in [1.29, 1.82) is 0 Å². The first kappa shape index (κ1) is 14.5. The summed E-state index contributed by atoms with van der Waals surface area (Å²) in [6.45, 7) is 2.16. The number of nitrogens with two attached hydrogens (primary N) is 1. The zero-order valence-electron chi connectivity index (χ0n) is 9.69. The fourth-order valence-corrected chi connectivity index (χ4v) is 2.40. The molecule has 0 saturated carbocycles. The first-order chi connectivity index (χ1) is 8.13. The molecule has 0 heterocycles. The highest BCUT2D eigenvalue weighted by Gasteiger charge is 2.13. The molecule has 1 aromatic rings. The molecule has 0 aliphatic heterocycles. The lowest BCUT2D eigenvalue weighted by atomic mass is 10.2. The van der Waals surface area contributed by atoms with Crippen molar-refractivity contribution in [2.75, 3.05) is 12.4 Å². The van der Waals surface area contributed by atoms with Gasteiger partial charge in [-0.25, -0.2) is 0 Å². The van der Waals surface area contributed by atoms with E-state index in [4.69, 9.17) is 10.5 Å². The number of hydrogen-bond donors (Lipinski definition) is 1. The van der Waals surface area contributed by atoms with Gasteiger partial charge in [0, 0.05) is 16.0 Å². The van der Waals surface area contributed by atoms with E-state index in [1.54, 1.807) is 18.7 Å². The molecular formula is C12H16BrNO2S. The topological polar surface area (TPSA) is 52.3 Å². The second kappa shape index (κ2) is 7.74. The number of carbonyl (C=O) groups is 1. The Morgan fingerprint density at radius 2 is 2.12 bits per heavy atom. The Hall–Kier alpha value is -0.520. The van der Waals surface area contributed by atoms with Crippen molar-refractivity contribution in [3.05, 3.63) is 34.3 Å². The smallest absolute Gasteiger partial charge is 0.323 e. The molecule has 3 nitrogen and oxygen atoms in total. The second-order valence-electron chi connectivity index (χ2n) is 3.50. The number of thioether (sulfide) groups is 1. The Labute approximate surface area is 114 Å². The zero-order valence-corrected chi connectivity index (χ0v) is 12.1. The summed E-state index contributed by atoms with van der Waals surface area (Å²) in [5.74, 6) is 1.10. The fraction of sp³-hybridized carbons (Fsp3) is 0.417. The van der Waals surface area contributed by atoms with Crippen LogP contribution in [0.15, 0.2) is 28.7 Å². The summed E-state index contributed by atoms with van der Waals surface area (Å²) in [4.78, 5) is 11.3. The van der Waals surface area contributed by atoms with Gasteiger partial charge in [0.1, 0.15) is 6.04 Å². The minimum absolute atomic E-state index is 0.323. The number of rotatable bonds is 6. The number of carbonyl (C=O) groups excluding carboxylic acids is 1. The van der Waals surface area contributed by atoms with Crippen molar-refractivity contribution in [2.24, 2.45) is 5.73 Å². The van der Waals surface area contributed by atoms with Crippen LogP contribution in [0.25, 0.3) is 0 Å². The molecule has 5 heteroatoms. The molecule has 0 aromatic heterocycles. The number of hydrogen-bond acceptors (Lipinski definition) is 4. The summed E-state index contributed by atoms with van der Waals surface area (Å²) >= 11 is 5.02.